The van der Waals surface area contributed by atoms with E-state index in [2.05, 4.69) is 4.98 Å². The average Bonchev–Trinajstić information content (AvgIpc) is 3.26. The Balaban J connectivity index is 1.93. The molecule has 1 amide bonds. The lowest BCUT2D eigenvalue weighted by Gasteiger charge is -2.25. The number of hydrogen-bond acceptors (Lipinski definition) is 5. The molecule has 1 unspecified atom stereocenters. The number of esters is 1. The Bertz CT molecular complexity index is 626. The Kier molecular flexibility index (Phi) is 6.99. The van der Waals surface area contributed by atoms with E-state index < -0.39 is 0 Å². The van der Waals surface area contributed by atoms with Crippen LogP contribution in [0.4, 0.5) is 0 Å². The third-order valence-electron chi connectivity index (χ3n) is 3.76. The van der Waals surface area contributed by atoms with Gasteiger partial charge in [-0.1, -0.05) is 13.0 Å². The molecule has 0 saturated heterocycles. The second kappa shape index (κ2) is 9.22. The normalized spacial score (nSPS) is 11.9. The van der Waals surface area contributed by atoms with Crippen molar-refractivity contribution in [3.05, 3.63) is 41.1 Å². The number of amides is 1. The summed E-state index contributed by atoms with van der Waals surface area (Å²) in [6.07, 6.45) is 6.57. The van der Waals surface area contributed by atoms with Crippen molar-refractivity contribution in [2.24, 2.45) is 5.92 Å². The van der Waals surface area contributed by atoms with E-state index in [4.69, 9.17) is 4.74 Å². The molecule has 7 heteroatoms. The number of hydrogen-bond donors (Lipinski definition) is 0. The van der Waals surface area contributed by atoms with Crippen LogP contribution in [0.3, 0.4) is 0 Å². The maximum Gasteiger partial charge on any atom is 0.310 e. The van der Waals surface area contributed by atoms with E-state index in [9.17, 15) is 9.59 Å². The zero-order chi connectivity index (χ0) is 17.4. The molecule has 130 valence electrons. The number of nitrogens with zero attached hydrogens (tertiary/aromatic N) is 3. The molecule has 0 N–H and O–H groups in total. The first kappa shape index (κ1) is 18.2. The molecular formula is C17H23N3O3S. The summed E-state index contributed by atoms with van der Waals surface area (Å²) in [5.74, 6) is -0.590. The SMILES string of the molecule is COC(=O)C(C)CN(CCCn1ccnc1)C(=O)Cc1cccs1. The van der Waals surface area contributed by atoms with Crippen LogP contribution in [0.5, 0.6) is 0 Å². The zero-order valence-electron chi connectivity index (χ0n) is 14.1. The molecule has 2 heterocycles. The van der Waals surface area contributed by atoms with Crippen molar-refractivity contribution in [1.29, 1.82) is 0 Å². The molecule has 1 atom stereocenters. The monoisotopic (exact) mass is 349 g/mol. The van der Waals surface area contributed by atoms with Crippen LogP contribution in [0.1, 0.15) is 18.2 Å². The number of thiophene rings is 1. The third kappa shape index (κ3) is 5.49. The predicted octanol–water partition coefficient (Wildman–Crippen LogP) is 2.22. The van der Waals surface area contributed by atoms with Gasteiger partial charge in [-0.25, -0.2) is 4.98 Å². The molecule has 2 rings (SSSR count). The van der Waals surface area contributed by atoms with Gasteiger partial charge in [0.1, 0.15) is 0 Å². The number of methoxy groups -OCH3 is 1. The maximum atomic E-state index is 12.6. The molecule has 0 spiro atoms. The van der Waals surface area contributed by atoms with Crippen LogP contribution >= 0.6 is 11.3 Å². The Hall–Kier alpha value is -2.15. The van der Waals surface area contributed by atoms with Crippen molar-refractivity contribution < 1.29 is 14.3 Å². The fourth-order valence-corrected chi connectivity index (χ4v) is 3.16. The van der Waals surface area contributed by atoms with Crippen LogP contribution in [-0.2, 0) is 27.3 Å². The van der Waals surface area contributed by atoms with Gasteiger partial charge in [0.2, 0.25) is 5.91 Å². The summed E-state index contributed by atoms with van der Waals surface area (Å²) in [4.78, 5) is 31.1. The van der Waals surface area contributed by atoms with Gasteiger partial charge in [0.15, 0.2) is 0 Å². The van der Waals surface area contributed by atoms with Crippen molar-refractivity contribution in [1.82, 2.24) is 14.5 Å². The molecule has 0 aliphatic carbocycles. The van der Waals surface area contributed by atoms with Gasteiger partial charge in [-0.2, -0.15) is 0 Å². The minimum atomic E-state index is -0.337. The Labute approximate surface area is 146 Å². The first-order valence-electron chi connectivity index (χ1n) is 7.94. The molecule has 0 fully saturated rings. The maximum absolute atomic E-state index is 12.6. The number of aromatic nitrogens is 2. The van der Waals surface area contributed by atoms with Gasteiger partial charge >= 0.3 is 5.97 Å². The van der Waals surface area contributed by atoms with Gasteiger partial charge in [0, 0.05) is 36.9 Å². The van der Waals surface area contributed by atoms with Crippen molar-refractivity contribution in [3.63, 3.8) is 0 Å². The molecule has 6 nitrogen and oxygen atoms in total. The van der Waals surface area contributed by atoms with Gasteiger partial charge in [-0.15, -0.1) is 11.3 Å². The second-order valence-corrected chi connectivity index (χ2v) is 6.71. The van der Waals surface area contributed by atoms with E-state index >= 15 is 0 Å². The van der Waals surface area contributed by atoms with Crippen LogP contribution in [0.25, 0.3) is 0 Å². The molecule has 0 aromatic carbocycles. The fraction of sp³-hybridized carbons (Fsp3) is 0.471. The van der Waals surface area contributed by atoms with E-state index in [-0.39, 0.29) is 17.8 Å². The topological polar surface area (TPSA) is 64.4 Å². The van der Waals surface area contributed by atoms with Crippen molar-refractivity contribution in [3.8, 4) is 0 Å². The summed E-state index contributed by atoms with van der Waals surface area (Å²) in [5, 5.41) is 1.96. The molecular weight excluding hydrogens is 326 g/mol. The van der Waals surface area contributed by atoms with Crippen LogP contribution in [-0.4, -0.2) is 46.5 Å². The van der Waals surface area contributed by atoms with Crippen LogP contribution in [0.15, 0.2) is 36.2 Å². The highest BCUT2D eigenvalue weighted by molar-refractivity contribution is 7.10. The fourth-order valence-electron chi connectivity index (χ4n) is 2.46. The van der Waals surface area contributed by atoms with Crippen molar-refractivity contribution >= 4 is 23.2 Å². The van der Waals surface area contributed by atoms with Gasteiger partial charge in [0.05, 0.1) is 25.8 Å². The first-order chi connectivity index (χ1) is 11.6. The van der Waals surface area contributed by atoms with E-state index in [1.807, 2.05) is 28.3 Å². The lowest BCUT2D eigenvalue weighted by molar-refractivity contribution is -0.146. The number of carbonyl (C=O) groups excluding carboxylic acids is 2. The largest absolute Gasteiger partial charge is 0.469 e. The molecule has 0 aliphatic rings. The zero-order valence-corrected chi connectivity index (χ0v) is 14.9. The number of aryl methyl sites for hydroxylation is 1. The van der Waals surface area contributed by atoms with E-state index in [0.717, 1.165) is 17.8 Å². The van der Waals surface area contributed by atoms with Crippen molar-refractivity contribution in [2.75, 3.05) is 20.2 Å². The van der Waals surface area contributed by atoms with Gasteiger partial charge in [-0.3, -0.25) is 9.59 Å². The minimum Gasteiger partial charge on any atom is -0.469 e. The second-order valence-electron chi connectivity index (χ2n) is 5.67. The number of carbonyl (C=O) groups is 2. The molecule has 0 bridgehead atoms. The highest BCUT2D eigenvalue weighted by Crippen LogP contribution is 2.12. The standard InChI is InChI=1S/C17H23N3O3S/c1-14(17(22)23-2)12-20(8-4-7-19-9-6-18-13-19)16(21)11-15-5-3-10-24-15/h3,5-6,9-10,13-14H,4,7-8,11-12H2,1-2H3. The average molecular weight is 349 g/mol. The van der Waals surface area contributed by atoms with Crippen LogP contribution < -0.4 is 0 Å². The van der Waals surface area contributed by atoms with Crippen molar-refractivity contribution in [2.45, 2.75) is 26.3 Å². The van der Waals surface area contributed by atoms with E-state index in [0.29, 0.717) is 19.5 Å². The molecule has 0 aliphatic heterocycles. The lowest BCUT2D eigenvalue weighted by Crippen LogP contribution is -2.39. The summed E-state index contributed by atoms with van der Waals surface area (Å²) in [6.45, 7) is 3.55. The smallest absolute Gasteiger partial charge is 0.310 e. The van der Waals surface area contributed by atoms with Crippen LogP contribution in [0, 0.1) is 5.92 Å². The van der Waals surface area contributed by atoms with Gasteiger partial charge in [0.25, 0.3) is 0 Å². The Morgan fingerprint density at radius 3 is 2.92 bits per heavy atom. The predicted molar refractivity (Wildman–Crippen MR) is 92.6 cm³/mol. The molecule has 0 saturated carbocycles. The van der Waals surface area contributed by atoms with Gasteiger partial charge in [-0.05, 0) is 17.9 Å². The lowest BCUT2D eigenvalue weighted by atomic mass is 10.1. The number of ether oxygens (including phenoxy) is 1. The molecule has 2 aromatic heterocycles. The quantitative estimate of drug-likeness (QED) is 0.651. The Morgan fingerprint density at radius 1 is 1.46 bits per heavy atom. The first-order valence-corrected chi connectivity index (χ1v) is 8.82. The minimum absolute atomic E-state index is 0.0406. The van der Waals surface area contributed by atoms with E-state index in [1.165, 1.54) is 7.11 Å². The van der Waals surface area contributed by atoms with Gasteiger partial charge < -0.3 is 14.2 Å². The highest BCUT2D eigenvalue weighted by atomic mass is 32.1. The Morgan fingerprint density at radius 2 is 2.29 bits per heavy atom. The number of rotatable bonds is 9. The number of imidazole rings is 1. The summed E-state index contributed by atoms with van der Waals surface area (Å²) >= 11 is 1.57. The summed E-state index contributed by atoms with van der Waals surface area (Å²) < 4.78 is 6.75. The van der Waals surface area contributed by atoms with E-state index in [1.54, 1.807) is 35.7 Å². The molecule has 2 aromatic rings. The summed E-state index contributed by atoms with van der Waals surface area (Å²) in [6, 6.07) is 3.89. The van der Waals surface area contributed by atoms with Crippen LogP contribution in [0.2, 0.25) is 0 Å². The summed E-state index contributed by atoms with van der Waals surface area (Å²) in [7, 11) is 1.37. The third-order valence-corrected chi connectivity index (χ3v) is 4.64. The molecule has 24 heavy (non-hydrogen) atoms. The highest BCUT2D eigenvalue weighted by Gasteiger charge is 2.21. The molecule has 0 radical (unpaired) electrons. The summed E-state index contributed by atoms with van der Waals surface area (Å²) in [5.41, 5.74) is 0.